The van der Waals surface area contributed by atoms with Gasteiger partial charge in [-0.1, -0.05) is 24.3 Å². The van der Waals surface area contributed by atoms with Crippen LogP contribution >= 0.6 is 0 Å². The number of nitrogens with two attached hydrogens (primary N) is 1. The van der Waals surface area contributed by atoms with Crippen LogP contribution in [0.15, 0.2) is 47.6 Å². The lowest BCUT2D eigenvalue weighted by Gasteiger charge is -2.29. The van der Waals surface area contributed by atoms with E-state index in [-0.39, 0.29) is 5.69 Å². The summed E-state index contributed by atoms with van der Waals surface area (Å²) in [6, 6.07) is 11.1. The summed E-state index contributed by atoms with van der Waals surface area (Å²) in [5, 5.41) is 10.6. The zero-order valence-corrected chi connectivity index (χ0v) is 11.8. The predicted octanol–water partition coefficient (Wildman–Crippen LogP) is 1.99. The molecule has 0 bridgehead atoms. The van der Waals surface area contributed by atoms with Crippen LogP contribution in [0.2, 0.25) is 0 Å². The van der Waals surface area contributed by atoms with Gasteiger partial charge >= 0.3 is 0 Å². The lowest BCUT2D eigenvalue weighted by molar-refractivity contribution is -0.385. The quantitative estimate of drug-likeness (QED) is 0.395. The molecule has 0 aliphatic carbocycles. The van der Waals surface area contributed by atoms with E-state index in [1.54, 1.807) is 0 Å². The SMILES string of the molecule is NC(=Nc1ccc([N+](=O)[O-])cn1)N1CCc2ccccc2C1. The minimum absolute atomic E-state index is 0.0654. The number of hydrogen-bond acceptors (Lipinski definition) is 4. The first-order valence-corrected chi connectivity index (χ1v) is 6.90. The molecule has 22 heavy (non-hydrogen) atoms. The highest BCUT2D eigenvalue weighted by Gasteiger charge is 2.17. The number of benzene rings is 1. The van der Waals surface area contributed by atoms with Crippen molar-refractivity contribution >= 4 is 17.5 Å². The third-order valence-corrected chi connectivity index (χ3v) is 3.63. The summed E-state index contributed by atoms with van der Waals surface area (Å²) >= 11 is 0. The van der Waals surface area contributed by atoms with Gasteiger partial charge in [-0.25, -0.2) is 4.98 Å². The van der Waals surface area contributed by atoms with Crippen molar-refractivity contribution in [2.24, 2.45) is 10.7 Å². The van der Waals surface area contributed by atoms with Gasteiger partial charge in [-0.2, -0.15) is 4.99 Å². The van der Waals surface area contributed by atoms with Crippen molar-refractivity contribution < 1.29 is 4.92 Å². The van der Waals surface area contributed by atoms with E-state index in [0.717, 1.165) is 13.0 Å². The molecule has 0 atom stereocenters. The van der Waals surface area contributed by atoms with Crippen LogP contribution in [0.1, 0.15) is 11.1 Å². The molecule has 2 aromatic rings. The molecule has 1 aromatic carbocycles. The number of hydrogen-bond donors (Lipinski definition) is 1. The normalized spacial score (nSPS) is 14.5. The summed E-state index contributed by atoms with van der Waals surface area (Å²) in [5.74, 6) is 0.734. The summed E-state index contributed by atoms with van der Waals surface area (Å²) in [4.78, 5) is 20.3. The Morgan fingerprint density at radius 3 is 2.73 bits per heavy atom. The van der Waals surface area contributed by atoms with Gasteiger partial charge in [-0.05, 0) is 23.6 Å². The van der Waals surface area contributed by atoms with Crippen molar-refractivity contribution in [1.82, 2.24) is 9.88 Å². The number of guanidine groups is 1. The maximum atomic E-state index is 10.6. The second kappa shape index (κ2) is 5.80. The number of fused-ring (bicyclic) bond motifs is 1. The van der Waals surface area contributed by atoms with Gasteiger partial charge < -0.3 is 10.6 Å². The monoisotopic (exact) mass is 297 g/mol. The Bertz CT molecular complexity index is 727. The fourth-order valence-electron chi connectivity index (χ4n) is 2.43. The molecule has 0 spiro atoms. The molecular weight excluding hydrogens is 282 g/mol. The number of rotatable bonds is 2. The van der Waals surface area contributed by atoms with E-state index in [0.29, 0.717) is 18.3 Å². The molecule has 0 radical (unpaired) electrons. The molecular formula is C15H15N5O2. The smallest absolute Gasteiger partial charge is 0.287 e. The Balaban J connectivity index is 1.76. The second-order valence-corrected chi connectivity index (χ2v) is 5.04. The number of nitro groups is 1. The molecule has 0 saturated heterocycles. The van der Waals surface area contributed by atoms with Gasteiger partial charge in [0.15, 0.2) is 11.8 Å². The highest BCUT2D eigenvalue weighted by atomic mass is 16.6. The van der Waals surface area contributed by atoms with Gasteiger partial charge in [0.1, 0.15) is 6.20 Å². The summed E-state index contributed by atoms with van der Waals surface area (Å²) < 4.78 is 0. The maximum absolute atomic E-state index is 10.6. The molecule has 3 rings (SSSR count). The van der Waals surface area contributed by atoms with Crippen molar-refractivity contribution in [2.75, 3.05) is 6.54 Å². The minimum atomic E-state index is -0.495. The molecule has 1 aliphatic rings. The zero-order chi connectivity index (χ0) is 15.5. The van der Waals surface area contributed by atoms with E-state index in [9.17, 15) is 10.1 Å². The van der Waals surface area contributed by atoms with Crippen molar-refractivity contribution in [3.63, 3.8) is 0 Å². The first-order chi connectivity index (χ1) is 10.6. The summed E-state index contributed by atoms with van der Waals surface area (Å²) in [5.41, 5.74) is 8.54. The number of aromatic nitrogens is 1. The number of pyridine rings is 1. The Morgan fingerprint density at radius 1 is 1.27 bits per heavy atom. The Kier molecular flexibility index (Phi) is 3.69. The van der Waals surface area contributed by atoms with Crippen molar-refractivity contribution in [3.8, 4) is 0 Å². The minimum Gasteiger partial charge on any atom is -0.369 e. The maximum Gasteiger partial charge on any atom is 0.287 e. The van der Waals surface area contributed by atoms with E-state index >= 15 is 0 Å². The Hall–Kier alpha value is -2.96. The Labute approximate surface area is 127 Å². The molecule has 1 aliphatic heterocycles. The second-order valence-electron chi connectivity index (χ2n) is 5.04. The van der Waals surface area contributed by atoms with Crippen LogP contribution in [0, 0.1) is 10.1 Å². The van der Waals surface area contributed by atoms with Gasteiger partial charge in [0.2, 0.25) is 0 Å². The van der Waals surface area contributed by atoms with Crippen LogP contribution in [0.5, 0.6) is 0 Å². The van der Waals surface area contributed by atoms with Crippen LogP contribution in [0.3, 0.4) is 0 Å². The Morgan fingerprint density at radius 2 is 2.05 bits per heavy atom. The van der Waals surface area contributed by atoms with Crippen molar-refractivity contribution in [3.05, 3.63) is 63.8 Å². The van der Waals surface area contributed by atoms with E-state index in [1.165, 1.54) is 29.5 Å². The highest BCUT2D eigenvalue weighted by molar-refractivity contribution is 5.80. The van der Waals surface area contributed by atoms with E-state index in [2.05, 4.69) is 22.1 Å². The van der Waals surface area contributed by atoms with Crippen molar-refractivity contribution in [2.45, 2.75) is 13.0 Å². The molecule has 1 aromatic heterocycles. The molecule has 0 amide bonds. The highest BCUT2D eigenvalue weighted by Crippen LogP contribution is 2.19. The lowest BCUT2D eigenvalue weighted by Crippen LogP contribution is -2.40. The number of aliphatic imine (C=N–C) groups is 1. The third kappa shape index (κ3) is 2.88. The lowest BCUT2D eigenvalue weighted by atomic mass is 10.0. The van der Waals surface area contributed by atoms with Gasteiger partial charge in [0, 0.05) is 19.2 Å². The molecule has 7 nitrogen and oxygen atoms in total. The van der Waals surface area contributed by atoms with Crippen molar-refractivity contribution in [1.29, 1.82) is 0 Å². The summed E-state index contributed by atoms with van der Waals surface area (Å²) in [6.45, 7) is 1.50. The topological polar surface area (TPSA) is 97.6 Å². The molecule has 112 valence electrons. The summed E-state index contributed by atoms with van der Waals surface area (Å²) in [7, 11) is 0. The van der Waals surface area contributed by atoms with Gasteiger partial charge in [-0.3, -0.25) is 10.1 Å². The zero-order valence-electron chi connectivity index (χ0n) is 11.8. The van der Waals surface area contributed by atoms with Crippen LogP contribution in [0.4, 0.5) is 11.5 Å². The predicted molar refractivity (Wildman–Crippen MR) is 82.7 cm³/mol. The van der Waals surface area contributed by atoms with E-state index in [1.807, 2.05) is 17.0 Å². The fraction of sp³-hybridized carbons (Fsp3) is 0.200. The van der Waals surface area contributed by atoms with Crippen LogP contribution in [-0.2, 0) is 13.0 Å². The average molecular weight is 297 g/mol. The standard InChI is InChI=1S/C15H15N5O2/c16-15(18-14-6-5-13(9-17-14)20(21)22)19-8-7-11-3-1-2-4-12(11)10-19/h1-6,9H,7-8,10H2,(H2,16,17,18). The number of nitrogens with zero attached hydrogens (tertiary/aromatic N) is 4. The fourth-order valence-corrected chi connectivity index (χ4v) is 2.43. The average Bonchev–Trinajstić information content (AvgIpc) is 2.55. The van der Waals surface area contributed by atoms with Crippen LogP contribution in [0.25, 0.3) is 0 Å². The summed E-state index contributed by atoms with van der Waals surface area (Å²) in [6.07, 6.45) is 2.09. The third-order valence-electron chi connectivity index (χ3n) is 3.63. The molecule has 2 N–H and O–H groups in total. The van der Waals surface area contributed by atoms with Crippen LogP contribution < -0.4 is 5.73 Å². The van der Waals surface area contributed by atoms with Gasteiger partial charge in [0.25, 0.3) is 5.69 Å². The first-order valence-electron chi connectivity index (χ1n) is 6.90. The van der Waals surface area contributed by atoms with E-state index < -0.39 is 4.92 Å². The largest absolute Gasteiger partial charge is 0.369 e. The van der Waals surface area contributed by atoms with Gasteiger partial charge in [-0.15, -0.1) is 0 Å². The molecule has 2 heterocycles. The van der Waals surface area contributed by atoms with Gasteiger partial charge in [0.05, 0.1) is 4.92 Å². The molecule has 0 fully saturated rings. The molecule has 0 unspecified atom stereocenters. The molecule has 0 saturated carbocycles. The molecule has 7 heteroatoms. The van der Waals surface area contributed by atoms with E-state index in [4.69, 9.17) is 5.73 Å². The van der Waals surface area contributed by atoms with Crippen LogP contribution in [-0.4, -0.2) is 27.3 Å². The first kappa shape index (κ1) is 14.0.